The van der Waals surface area contributed by atoms with Crippen molar-refractivity contribution >= 4 is 29.3 Å². The Kier molecular flexibility index (Phi) is 7.88. The zero-order valence-corrected chi connectivity index (χ0v) is 20.1. The van der Waals surface area contributed by atoms with E-state index in [0.717, 1.165) is 17.3 Å². The van der Waals surface area contributed by atoms with E-state index in [2.05, 4.69) is 16.7 Å². The van der Waals surface area contributed by atoms with Gasteiger partial charge in [0.15, 0.2) is 0 Å². The Balaban J connectivity index is 1.53. The minimum Gasteiger partial charge on any atom is -0.468 e. The van der Waals surface area contributed by atoms with Crippen molar-refractivity contribution in [3.8, 4) is 6.07 Å². The number of rotatable bonds is 8. The fraction of sp³-hybridized carbons (Fsp3) is 0.148. The lowest BCUT2D eigenvalue weighted by Crippen LogP contribution is -2.29. The molecule has 2 N–H and O–H groups in total. The van der Waals surface area contributed by atoms with Crippen LogP contribution in [-0.4, -0.2) is 17.6 Å². The van der Waals surface area contributed by atoms with Gasteiger partial charge in [0.05, 0.1) is 40.2 Å². The van der Waals surface area contributed by atoms with Crippen molar-refractivity contribution in [3.05, 3.63) is 112 Å². The molecular formula is C27H22FN3O4S. The van der Waals surface area contributed by atoms with E-state index in [1.54, 1.807) is 19.1 Å². The number of nitrogens with zero attached hydrogens (tertiary/aromatic N) is 1. The van der Waals surface area contributed by atoms with Gasteiger partial charge in [0.25, 0.3) is 0 Å². The Labute approximate surface area is 211 Å². The summed E-state index contributed by atoms with van der Waals surface area (Å²) in [5.74, 6) is -1.71. The second-order valence-corrected chi connectivity index (χ2v) is 8.86. The monoisotopic (exact) mass is 503 g/mol. The molecule has 1 amide bonds. The number of carbonyl (C=O) groups excluding carboxylic acids is 2. The number of allylic oxidation sites excluding steroid dienone is 2. The molecule has 9 heteroatoms. The van der Waals surface area contributed by atoms with E-state index >= 15 is 0 Å². The number of hydrogen-bond donors (Lipinski definition) is 2. The van der Waals surface area contributed by atoms with Crippen LogP contribution in [0.4, 0.5) is 10.1 Å². The second kappa shape index (κ2) is 11.4. The second-order valence-electron chi connectivity index (χ2n) is 7.87. The largest absolute Gasteiger partial charge is 0.468 e. The Morgan fingerprint density at radius 3 is 2.56 bits per heavy atom. The number of ether oxygens (including phenoxy) is 1. The number of nitrogens with one attached hydrogen (secondary N) is 2. The number of dihydropyridines is 1. The standard InChI is InChI=1S/C27H22FN3O4S/c1-17-24(27(33)35-15-18-6-3-2-4-7-18)25(22-8-5-13-34-22)21(14-29)26(30-17)36-16-23(32)31-20-11-9-19(28)10-12-20/h2-13,25,30H,15-16H2,1H3,(H,31,32)/t25-/m0/s1. The first kappa shape index (κ1) is 24.8. The lowest BCUT2D eigenvalue weighted by atomic mass is 9.86. The SMILES string of the molecule is CC1=C(C(=O)OCc2ccccc2)[C@H](c2ccco2)C(C#N)=C(SCC(=O)Nc2ccc(F)cc2)N1. The van der Waals surface area contributed by atoms with Gasteiger partial charge in [-0.1, -0.05) is 42.1 Å². The van der Waals surface area contributed by atoms with Gasteiger partial charge >= 0.3 is 5.97 Å². The molecule has 0 aliphatic carbocycles. The van der Waals surface area contributed by atoms with E-state index in [1.165, 1.54) is 30.5 Å². The molecule has 1 aliphatic rings. The van der Waals surface area contributed by atoms with E-state index in [1.807, 2.05) is 30.3 Å². The van der Waals surface area contributed by atoms with Crippen LogP contribution < -0.4 is 10.6 Å². The number of thioether (sulfide) groups is 1. The maximum Gasteiger partial charge on any atom is 0.337 e. The summed E-state index contributed by atoms with van der Waals surface area (Å²) < 4.78 is 24.2. The zero-order valence-electron chi connectivity index (χ0n) is 19.3. The molecule has 0 saturated carbocycles. The molecule has 4 rings (SSSR count). The van der Waals surface area contributed by atoms with Gasteiger partial charge in [0.1, 0.15) is 18.2 Å². The highest BCUT2D eigenvalue weighted by atomic mass is 32.2. The lowest BCUT2D eigenvalue weighted by Gasteiger charge is -2.27. The van der Waals surface area contributed by atoms with Gasteiger partial charge in [-0.15, -0.1) is 0 Å². The summed E-state index contributed by atoms with van der Waals surface area (Å²) in [5.41, 5.74) is 2.29. The van der Waals surface area contributed by atoms with E-state index in [0.29, 0.717) is 22.2 Å². The van der Waals surface area contributed by atoms with Crippen LogP contribution in [0.25, 0.3) is 0 Å². The van der Waals surface area contributed by atoms with Crippen LogP contribution in [0.5, 0.6) is 0 Å². The van der Waals surface area contributed by atoms with E-state index < -0.39 is 17.7 Å². The maximum absolute atomic E-state index is 13.2. The Morgan fingerprint density at radius 1 is 1.14 bits per heavy atom. The maximum atomic E-state index is 13.2. The normalized spacial score (nSPS) is 15.2. The molecule has 36 heavy (non-hydrogen) atoms. The van der Waals surface area contributed by atoms with Gasteiger partial charge < -0.3 is 19.8 Å². The topological polar surface area (TPSA) is 104 Å². The van der Waals surface area contributed by atoms with Crippen molar-refractivity contribution in [2.75, 3.05) is 11.1 Å². The zero-order chi connectivity index (χ0) is 25.5. The van der Waals surface area contributed by atoms with Crippen molar-refractivity contribution in [1.82, 2.24) is 5.32 Å². The Morgan fingerprint density at radius 2 is 1.89 bits per heavy atom. The molecular weight excluding hydrogens is 481 g/mol. The number of amides is 1. The molecule has 1 aromatic heterocycles. The van der Waals surface area contributed by atoms with Crippen molar-refractivity contribution in [2.24, 2.45) is 0 Å². The first-order chi connectivity index (χ1) is 17.5. The predicted octanol–water partition coefficient (Wildman–Crippen LogP) is 5.23. The van der Waals surface area contributed by atoms with Gasteiger partial charge in [-0.25, -0.2) is 9.18 Å². The summed E-state index contributed by atoms with van der Waals surface area (Å²) in [7, 11) is 0. The quantitative estimate of drug-likeness (QED) is 0.406. The number of nitriles is 1. The third kappa shape index (κ3) is 5.85. The summed E-state index contributed by atoms with van der Waals surface area (Å²) in [6.45, 7) is 1.79. The van der Waals surface area contributed by atoms with E-state index in [-0.39, 0.29) is 29.4 Å². The average Bonchev–Trinajstić information content (AvgIpc) is 3.42. The van der Waals surface area contributed by atoms with Gasteiger partial charge in [0, 0.05) is 11.4 Å². The summed E-state index contributed by atoms with van der Waals surface area (Å²) in [4.78, 5) is 25.6. The average molecular weight is 504 g/mol. The molecule has 0 fully saturated rings. The van der Waals surface area contributed by atoms with Gasteiger partial charge in [-0.05, 0) is 48.9 Å². The number of carbonyl (C=O) groups is 2. The van der Waals surface area contributed by atoms with Gasteiger partial charge in [0.2, 0.25) is 5.91 Å². The van der Waals surface area contributed by atoms with Crippen molar-refractivity contribution in [1.29, 1.82) is 5.26 Å². The first-order valence-corrected chi connectivity index (χ1v) is 12.0. The predicted molar refractivity (Wildman–Crippen MR) is 134 cm³/mol. The molecule has 2 heterocycles. The van der Waals surface area contributed by atoms with E-state index in [9.17, 15) is 19.2 Å². The van der Waals surface area contributed by atoms with Gasteiger partial charge in [-0.2, -0.15) is 5.26 Å². The third-order valence-electron chi connectivity index (χ3n) is 5.38. The number of hydrogen-bond acceptors (Lipinski definition) is 7. The van der Waals surface area contributed by atoms with Gasteiger partial charge in [-0.3, -0.25) is 4.79 Å². The van der Waals surface area contributed by atoms with Crippen LogP contribution in [0.2, 0.25) is 0 Å². The summed E-state index contributed by atoms with van der Waals surface area (Å²) in [6, 6.07) is 20.3. The first-order valence-electron chi connectivity index (χ1n) is 11.0. The fourth-order valence-electron chi connectivity index (χ4n) is 3.71. The van der Waals surface area contributed by atoms with Crippen molar-refractivity contribution < 1.29 is 23.1 Å². The summed E-state index contributed by atoms with van der Waals surface area (Å²) in [5, 5.41) is 16.3. The number of furan rings is 1. The number of halogens is 1. The molecule has 0 bridgehead atoms. The minimum absolute atomic E-state index is 0.0170. The van der Waals surface area contributed by atoms with Crippen LogP contribution in [0, 0.1) is 17.1 Å². The van der Waals surface area contributed by atoms with Crippen LogP contribution in [0.3, 0.4) is 0 Å². The van der Waals surface area contributed by atoms with Crippen LogP contribution in [-0.2, 0) is 20.9 Å². The molecule has 1 atom stereocenters. The van der Waals surface area contributed by atoms with Crippen LogP contribution >= 0.6 is 11.8 Å². The molecule has 7 nitrogen and oxygen atoms in total. The molecule has 2 aromatic carbocycles. The third-order valence-corrected chi connectivity index (χ3v) is 6.40. The highest BCUT2D eigenvalue weighted by Crippen LogP contribution is 2.41. The number of esters is 1. The molecule has 0 radical (unpaired) electrons. The smallest absolute Gasteiger partial charge is 0.337 e. The van der Waals surface area contributed by atoms with Crippen molar-refractivity contribution in [2.45, 2.75) is 19.4 Å². The van der Waals surface area contributed by atoms with Crippen LogP contribution in [0.1, 0.15) is 24.2 Å². The number of benzene rings is 2. The fourth-order valence-corrected chi connectivity index (χ4v) is 4.60. The minimum atomic E-state index is -0.794. The lowest BCUT2D eigenvalue weighted by molar-refractivity contribution is -0.140. The molecule has 3 aromatic rings. The molecule has 0 saturated heterocycles. The Bertz CT molecular complexity index is 1340. The van der Waals surface area contributed by atoms with Crippen LogP contribution in [0.15, 0.2) is 99.3 Å². The molecule has 1 aliphatic heterocycles. The Hall–Kier alpha value is -4.29. The number of anilines is 1. The van der Waals surface area contributed by atoms with E-state index in [4.69, 9.17) is 9.15 Å². The summed E-state index contributed by atoms with van der Waals surface area (Å²) >= 11 is 1.12. The molecule has 0 unspecified atom stereocenters. The highest BCUT2D eigenvalue weighted by molar-refractivity contribution is 8.03. The molecule has 0 spiro atoms. The van der Waals surface area contributed by atoms with Crippen molar-refractivity contribution in [3.63, 3.8) is 0 Å². The summed E-state index contributed by atoms with van der Waals surface area (Å²) in [6.07, 6.45) is 1.47. The molecule has 182 valence electrons. The highest BCUT2D eigenvalue weighted by Gasteiger charge is 2.37.